The van der Waals surface area contributed by atoms with Crippen LogP contribution in [0.15, 0.2) is 0 Å². The van der Waals surface area contributed by atoms with Gasteiger partial charge in [-0.1, -0.05) is 26.2 Å². The van der Waals surface area contributed by atoms with Gasteiger partial charge in [0.2, 0.25) is 0 Å². The molecule has 0 aromatic carbocycles. The molecule has 0 saturated heterocycles. The van der Waals surface area contributed by atoms with E-state index in [-0.39, 0.29) is 6.10 Å². The lowest BCUT2D eigenvalue weighted by molar-refractivity contribution is 0.0275. The molecule has 0 radical (unpaired) electrons. The number of ether oxygens (including phenoxy) is 2. The van der Waals surface area contributed by atoms with Crippen LogP contribution in [0.2, 0.25) is 0 Å². The largest absolute Gasteiger partial charge is 0.382 e. The highest BCUT2D eigenvalue weighted by Gasteiger charge is 2.08. The molecule has 0 aromatic rings. The molecule has 0 heterocycles. The SMILES string of the molecule is CCCCCC(C)NCC(COC)OC. The molecule has 2 unspecified atom stereocenters. The van der Waals surface area contributed by atoms with Crippen LogP contribution in [-0.2, 0) is 9.47 Å². The summed E-state index contributed by atoms with van der Waals surface area (Å²) in [6.07, 6.45) is 5.35. The van der Waals surface area contributed by atoms with Gasteiger partial charge in [0.05, 0.1) is 12.7 Å². The van der Waals surface area contributed by atoms with Crippen molar-refractivity contribution in [3.05, 3.63) is 0 Å². The van der Waals surface area contributed by atoms with Gasteiger partial charge in [0.15, 0.2) is 0 Å². The van der Waals surface area contributed by atoms with E-state index >= 15 is 0 Å². The number of hydrogen-bond donors (Lipinski definition) is 1. The van der Waals surface area contributed by atoms with Crippen molar-refractivity contribution in [1.82, 2.24) is 5.32 Å². The van der Waals surface area contributed by atoms with Crippen LogP contribution < -0.4 is 5.32 Å². The molecule has 1 N–H and O–H groups in total. The molecule has 0 saturated carbocycles. The standard InChI is InChI=1S/C12H27NO2/c1-5-6-7-8-11(2)13-9-12(15-4)10-14-3/h11-13H,5-10H2,1-4H3. The van der Waals surface area contributed by atoms with Crippen LogP contribution in [-0.4, -0.2) is 39.5 Å². The second-order valence-corrected chi connectivity index (χ2v) is 4.12. The third kappa shape index (κ3) is 8.85. The monoisotopic (exact) mass is 217 g/mol. The van der Waals surface area contributed by atoms with Gasteiger partial charge in [-0.05, 0) is 13.3 Å². The molecule has 0 fully saturated rings. The smallest absolute Gasteiger partial charge is 0.0928 e. The molecule has 0 spiro atoms. The molecule has 2 atom stereocenters. The van der Waals surface area contributed by atoms with E-state index in [9.17, 15) is 0 Å². The maximum absolute atomic E-state index is 5.28. The van der Waals surface area contributed by atoms with Gasteiger partial charge in [0.25, 0.3) is 0 Å². The fourth-order valence-corrected chi connectivity index (χ4v) is 1.53. The molecular weight excluding hydrogens is 190 g/mol. The summed E-state index contributed by atoms with van der Waals surface area (Å²) in [5.41, 5.74) is 0. The predicted octanol–water partition coefficient (Wildman–Crippen LogP) is 2.21. The van der Waals surface area contributed by atoms with Gasteiger partial charge in [-0.15, -0.1) is 0 Å². The number of methoxy groups -OCH3 is 2. The minimum absolute atomic E-state index is 0.170. The van der Waals surface area contributed by atoms with Crippen molar-refractivity contribution in [1.29, 1.82) is 0 Å². The summed E-state index contributed by atoms with van der Waals surface area (Å²) in [7, 11) is 3.43. The van der Waals surface area contributed by atoms with Crippen molar-refractivity contribution in [2.45, 2.75) is 51.7 Å². The fraction of sp³-hybridized carbons (Fsp3) is 1.00. The van der Waals surface area contributed by atoms with Gasteiger partial charge in [-0.25, -0.2) is 0 Å². The molecule has 3 nitrogen and oxygen atoms in total. The van der Waals surface area contributed by atoms with Crippen LogP contribution in [0.1, 0.15) is 39.5 Å². The summed E-state index contributed by atoms with van der Waals surface area (Å²) in [4.78, 5) is 0. The van der Waals surface area contributed by atoms with E-state index in [1.807, 2.05) is 0 Å². The molecule has 0 aliphatic carbocycles. The highest BCUT2D eigenvalue weighted by atomic mass is 16.5. The van der Waals surface area contributed by atoms with Crippen molar-refractivity contribution in [3.8, 4) is 0 Å². The predicted molar refractivity (Wildman–Crippen MR) is 64.3 cm³/mol. The van der Waals surface area contributed by atoms with Gasteiger partial charge < -0.3 is 14.8 Å². The van der Waals surface area contributed by atoms with E-state index in [0.717, 1.165) is 6.54 Å². The average molecular weight is 217 g/mol. The highest BCUT2D eigenvalue weighted by Crippen LogP contribution is 2.03. The molecule has 0 aromatic heterocycles. The van der Waals surface area contributed by atoms with E-state index < -0.39 is 0 Å². The zero-order chi connectivity index (χ0) is 11.5. The van der Waals surface area contributed by atoms with Crippen LogP contribution in [0.25, 0.3) is 0 Å². The van der Waals surface area contributed by atoms with Crippen molar-refractivity contribution in [2.24, 2.45) is 0 Å². The summed E-state index contributed by atoms with van der Waals surface area (Å²) in [5, 5.41) is 3.47. The molecule has 92 valence electrons. The first-order valence-corrected chi connectivity index (χ1v) is 5.99. The minimum atomic E-state index is 0.170. The van der Waals surface area contributed by atoms with Gasteiger partial charge in [-0.2, -0.15) is 0 Å². The molecule has 0 amide bonds. The third-order valence-corrected chi connectivity index (χ3v) is 2.62. The molecule has 3 heteroatoms. The summed E-state index contributed by atoms with van der Waals surface area (Å²) in [5.74, 6) is 0. The number of hydrogen-bond acceptors (Lipinski definition) is 3. The van der Waals surface area contributed by atoms with E-state index in [4.69, 9.17) is 9.47 Å². The Labute approximate surface area is 94.5 Å². The maximum atomic E-state index is 5.28. The Morgan fingerprint density at radius 3 is 2.47 bits per heavy atom. The molecule has 0 rings (SSSR count). The molecular formula is C12H27NO2. The summed E-state index contributed by atoms with van der Waals surface area (Å²) < 4.78 is 10.3. The average Bonchev–Trinajstić information content (AvgIpc) is 2.24. The first-order valence-electron chi connectivity index (χ1n) is 5.99. The van der Waals surface area contributed by atoms with Gasteiger partial charge in [0, 0.05) is 26.8 Å². The topological polar surface area (TPSA) is 30.5 Å². The fourth-order valence-electron chi connectivity index (χ4n) is 1.53. The molecule has 0 aliphatic heterocycles. The van der Waals surface area contributed by atoms with Crippen LogP contribution in [0.4, 0.5) is 0 Å². The normalized spacial score (nSPS) is 15.2. The molecule has 0 bridgehead atoms. The van der Waals surface area contributed by atoms with E-state index in [0.29, 0.717) is 12.6 Å². The van der Waals surface area contributed by atoms with E-state index in [2.05, 4.69) is 19.2 Å². The van der Waals surface area contributed by atoms with Crippen LogP contribution in [0, 0.1) is 0 Å². The molecule has 15 heavy (non-hydrogen) atoms. The maximum Gasteiger partial charge on any atom is 0.0928 e. The van der Waals surface area contributed by atoms with Crippen molar-refractivity contribution >= 4 is 0 Å². The third-order valence-electron chi connectivity index (χ3n) is 2.62. The quantitative estimate of drug-likeness (QED) is 0.569. The van der Waals surface area contributed by atoms with Gasteiger partial charge >= 0.3 is 0 Å². The number of unbranched alkanes of at least 4 members (excludes halogenated alkanes) is 2. The first kappa shape index (κ1) is 14.9. The number of rotatable bonds is 10. The Morgan fingerprint density at radius 2 is 1.93 bits per heavy atom. The van der Waals surface area contributed by atoms with E-state index in [1.165, 1.54) is 25.7 Å². The Kier molecular flexibility index (Phi) is 10.3. The summed E-state index contributed by atoms with van der Waals surface area (Å²) in [6, 6.07) is 0.575. The second kappa shape index (κ2) is 10.4. The Balaban J connectivity index is 3.45. The first-order chi connectivity index (χ1) is 7.24. The zero-order valence-corrected chi connectivity index (χ0v) is 10.7. The summed E-state index contributed by atoms with van der Waals surface area (Å²) >= 11 is 0. The van der Waals surface area contributed by atoms with Gasteiger partial charge in [0.1, 0.15) is 0 Å². The lowest BCUT2D eigenvalue weighted by Gasteiger charge is -2.19. The van der Waals surface area contributed by atoms with E-state index in [1.54, 1.807) is 14.2 Å². The van der Waals surface area contributed by atoms with Crippen molar-refractivity contribution in [3.63, 3.8) is 0 Å². The Bertz CT molecular complexity index is 131. The zero-order valence-electron chi connectivity index (χ0n) is 10.7. The molecule has 0 aliphatic rings. The summed E-state index contributed by atoms with van der Waals surface area (Å²) in [6.45, 7) is 6.00. The minimum Gasteiger partial charge on any atom is -0.382 e. The lowest BCUT2D eigenvalue weighted by Crippen LogP contribution is -2.36. The van der Waals surface area contributed by atoms with Crippen LogP contribution >= 0.6 is 0 Å². The number of nitrogens with one attached hydrogen (secondary N) is 1. The van der Waals surface area contributed by atoms with Crippen LogP contribution in [0.3, 0.4) is 0 Å². The van der Waals surface area contributed by atoms with Gasteiger partial charge in [-0.3, -0.25) is 0 Å². The Hall–Kier alpha value is -0.120. The van der Waals surface area contributed by atoms with Crippen molar-refractivity contribution < 1.29 is 9.47 Å². The Morgan fingerprint density at radius 1 is 1.20 bits per heavy atom. The second-order valence-electron chi connectivity index (χ2n) is 4.12. The lowest BCUT2D eigenvalue weighted by atomic mass is 10.1. The van der Waals surface area contributed by atoms with Crippen molar-refractivity contribution in [2.75, 3.05) is 27.4 Å². The highest BCUT2D eigenvalue weighted by molar-refractivity contribution is 4.66. The van der Waals surface area contributed by atoms with Crippen LogP contribution in [0.5, 0.6) is 0 Å².